The van der Waals surface area contributed by atoms with Gasteiger partial charge in [-0.25, -0.2) is 14.2 Å². The number of thiazole rings is 1. The minimum atomic E-state index is -0.402. The molecule has 0 aliphatic carbocycles. The highest BCUT2D eigenvalue weighted by Crippen LogP contribution is 2.34. The van der Waals surface area contributed by atoms with E-state index in [1.807, 2.05) is 18.7 Å². The fourth-order valence-corrected chi connectivity index (χ4v) is 3.06. The van der Waals surface area contributed by atoms with Gasteiger partial charge in [-0.05, 0) is 19.9 Å². The maximum Gasteiger partial charge on any atom is 0.325 e. The summed E-state index contributed by atoms with van der Waals surface area (Å²) in [7, 11) is 1.72. The zero-order valence-electron chi connectivity index (χ0n) is 11.9. The molecule has 2 aromatic rings. The van der Waals surface area contributed by atoms with Gasteiger partial charge in [-0.1, -0.05) is 11.3 Å². The van der Waals surface area contributed by atoms with Gasteiger partial charge in [0, 0.05) is 18.8 Å². The Labute approximate surface area is 126 Å². The quantitative estimate of drug-likeness (QED) is 0.801. The summed E-state index contributed by atoms with van der Waals surface area (Å²) in [6, 6.07) is 1.90. The molecule has 0 aromatic carbocycles. The van der Waals surface area contributed by atoms with Crippen LogP contribution in [0.5, 0.6) is 0 Å². The number of aromatic nitrogens is 2. The number of rotatable bonds is 2. The highest BCUT2D eigenvalue weighted by Gasteiger charge is 2.45. The average Bonchev–Trinajstić information content (AvgIpc) is 2.91. The first-order valence-electron chi connectivity index (χ1n) is 6.62. The zero-order chi connectivity index (χ0) is 15.1. The van der Waals surface area contributed by atoms with Gasteiger partial charge in [-0.15, -0.1) is 0 Å². The van der Waals surface area contributed by atoms with Crippen LogP contribution in [0.25, 0.3) is 10.6 Å². The summed E-state index contributed by atoms with van der Waals surface area (Å²) in [5.41, 5.74) is 0.612. The molecule has 0 bridgehead atoms. The van der Waals surface area contributed by atoms with Gasteiger partial charge < -0.3 is 4.90 Å². The third-order valence-corrected chi connectivity index (χ3v) is 4.89. The number of nitrogens with zero attached hydrogens (tertiary/aromatic N) is 4. The summed E-state index contributed by atoms with van der Waals surface area (Å²) in [4.78, 5) is 23.7. The molecule has 5 nitrogen and oxygen atoms in total. The number of hydrogen-bond donors (Lipinski definition) is 0. The van der Waals surface area contributed by atoms with E-state index in [9.17, 15) is 9.18 Å². The molecule has 7 heteroatoms. The highest BCUT2D eigenvalue weighted by atomic mass is 32.1. The lowest BCUT2D eigenvalue weighted by atomic mass is 10.3. The van der Waals surface area contributed by atoms with Crippen molar-refractivity contribution in [1.82, 2.24) is 14.9 Å². The smallest absolute Gasteiger partial charge is 0.315 e. The van der Waals surface area contributed by atoms with Crippen LogP contribution in [-0.2, 0) is 0 Å². The lowest BCUT2D eigenvalue weighted by Crippen LogP contribution is -2.31. The van der Waals surface area contributed by atoms with E-state index >= 15 is 0 Å². The largest absolute Gasteiger partial charge is 0.325 e. The fraction of sp³-hybridized carbons (Fsp3) is 0.357. The van der Waals surface area contributed by atoms with Crippen molar-refractivity contribution in [1.29, 1.82) is 0 Å². The highest BCUT2D eigenvalue weighted by molar-refractivity contribution is 7.19. The Balaban J connectivity index is 1.80. The molecule has 2 amide bonds. The molecule has 2 atom stereocenters. The van der Waals surface area contributed by atoms with Crippen molar-refractivity contribution in [2.45, 2.75) is 25.9 Å². The molecule has 0 saturated carbocycles. The van der Waals surface area contributed by atoms with Gasteiger partial charge in [0.1, 0.15) is 15.8 Å². The van der Waals surface area contributed by atoms with Crippen molar-refractivity contribution in [2.24, 2.45) is 0 Å². The van der Waals surface area contributed by atoms with Crippen LogP contribution in [0.3, 0.4) is 0 Å². The molecule has 21 heavy (non-hydrogen) atoms. The number of anilines is 1. The maximum atomic E-state index is 13.2. The average molecular weight is 306 g/mol. The van der Waals surface area contributed by atoms with Crippen LogP contribution in [0.4, 0.5) is 14.2 Å². The standard InChI is InChI=1S/C14H15FN4OS/c1-8-9(2)19(8)14(20)18(3)12-7-17-13(21-12)10-4-11(15)6-16-5-10/h4-9H,1-3H3. The Morgan fingerprint density at radius 3 is 2.67 bits per heavy atom. The van der Waals surface area contributed by atoms with Crippen LogP contribution in [0.1, 0.15) is 13.8 Å². The number of urea groups is 1. The van der Waals surface area contributed by atoms with Gasteiger partial charge in [0.05, 0.1) is 24.5 Å². The molecule has 1 saturated heterocycles. The Bertz CT molecular complexity index is 681. The number of pyridine rings is 1. The number of amides is 2. The van der Waals surface area contributed by atoms with Gasteiger partial charge in [-0.2, -0.15) is 0 Å². The van der Waals surface area contributed by atoms with Crippen LogP contribution in [-0.4, -0.2) is 40.0 Å². The summed E-state index contributed by atoms with van der Waals surface area (Å²) in [6.07, 6.45) is 4.33. The second-order valence-electron chi connectivity index (χ2n) is 5.13. The summed E-state index contributed by atoms with van der Waals surface area (Å²) in [5, 5.41) is 1.37. The number of hydrogen-bond acceptors (Lipinski definition) is 4. The second-order valence-corrected chi connectivity index (χ2v) is 6.13. The minimum Gasteiger partial charge on any atom is -0.315 e. The first kappa shape index (κ1) is 13.9. The first-order valence-corrected chi connectivity index (χ1v) is 7.43. The molecule has 1 fully saturated rings. The second kappa shape index (κ2) is 5.07. The molecule has 2 unspecified atom stereocenters. The Kier molecular flexibility index (Phi) is 3.36. The van der Waals surface area contributed by atoms with Gasteiger partial charge >= 0.3 is 6.03 Å². The van der Waals surface area contributed by atoms with Crippen molar-refractivity contribution in [2.75, 3.05) is 11.9 Å². The van der Waals surface area contributed by atoms with Crippen molar-refractivity contribution in [3.63, 3.8) is 0 Å². The number of carbonyl (C=O) groups is 1. The minimum absolute atomic E-state index is 0.0393. The van der Waals surface area contributed by atoms with E-state index in [0.29, 0.717) is 10.6 Å². The molecule has 0 radical (unpaired) electrons. The summed E-state index contributed by atoms with van der Waals surface area (Å²) >= 11 is 1.34. The van der Waals surface area contributed by atoms with Crippen molar-refractivity contribution >= 4 is 22.4 Å². The third kappa shape index (κ3) is 2.49. The Morgan fingerprint density at radius 2 is 2.05 bits per heavy atom. The molecule has 1 aliphatic heterocycles. The Morgan fingerprint density at radius 1 is 1.33 bits per heavy atom. The van der Waals surface area contributed by atoms with E-state index in [0.717, 1.165) is 11.2 Å². The van der Waals surface area contributed by atoms with Crippen molar-refractivity contribution in [3.05, 3.63) is 30.5 Å². The molecule has 3 rings (SSSR count). The van der Waals surface area contributed by atoms with E-state index in [2.05, 4.69) is 9.97 Å². The van der Waals surface area contributed by atoms with Crippen molar-refractivity contribution < 1.29 is 9.18 Å². The van der Waals surface area contributed by atoms with Crippen LogP contribution in [0.2, 0.25) is 0 Å². The molecular weight excluding hydrogens is 291 g/mol. The lowest BCUT2D eigenvalue weighted by Gasteiger charge is -2.15. The van der Waals surface area contributed by atoms with E-state index in [-0.39, 0.29) is 18.1 Å². The van der Waals surface area contributed by atoms with E-state index in [1.54, 1.807) is 24.3 Å². The molecule has 110 valence electrons. The van der Waals surface area contributed by atoms with Crippen LogP contribution < -0.4 is 4.90 Å². The molecule has 1 aliphatic rings. The lowest BCUT2D eigenvalue weighted by molar-refractivity contribution is 0.233. The summed E-state index contributed by atoms with van der Waals surface area (Å²) in [5.74, 6) is -0.402. The third-order valence-electron chi connectivity index (χ3n) is 3.77. The van der Waals surface area contributed by atoms with Gasteiger partial charge in [0.25, 0.3) is 0 Å². The topological polar surface area (TPSA) is 49.1 Å². The normalized spacial score (nSPS) is 20.5. The van der Waals surface area contributed by atoms with Gasteiger partial charge in [-0.3, -0.25) is 9.88 Å². The van der Waals surface area contributed by atoms with Crippen LogP contribution in [0.15, 0.2) is 24.7 Å². The van der Waals surface area contributed by atoms with Crippen molar-refractivity contribution in [3.8, 4) is 10.6 Å². The summed E-state index contributed by atoms with van der Waals surface area (Å²) < 4.78 is 13.2. The van der Waals surface area contributed by atoms with Crippen LogP contribution >= 0.6 is 11.3 Å². The number of halogens is 1. The Hall–Kier alpha value is -2.02. The SMILES string of the molecule is CC1C(C)N1C(=O)N(C)c1cnc(-c2cncc(F)c2)s1. The maximum absolute atomic E-state index is 13.2. The van der Waals surface area contributed by atoms with Gasteiger partial charge in [0.15, 0.2) is 0 Å². The zero-order valence-corrected chi connectivity index (χ0v) is 12.8. The first-order chi connectivity index (χ1) is 9.99. The molecule has 3 heterocycles. The molecular formula is C14H15FN4OS. The summed E-state index contributed by atoms with van der Waals surface area (Å²) in [6.45, 7) is 4.04. The van der Waals surface area contributed by atoms with Crippen LogP contribution in [0, 0.1) is 5.82 Å². The number of carbonyl (C=O) groups excluding carboxylic acids is 1. The fourth-order valence-electron chi connectivity index (χ4n) is 2.20. The predicted molar refractivity (Wildman–Crippen MR) is 79.9 cm³/mol. The van der Waals surface area contributed by atoms with E-state index in [4.69, 9.17) is 0 Å². The molecule has 0 spiro atoms. The van der Waals surface area contributed by atoms with Gasteiger partial charge in [0.2, 0.25) is 0 Å². The monoisotopic (exact) mass is 306 g/mol. The van der Waals surface area contributed by atoms with E-state index < -0.39 is 5.82 Å². The molecule has 2 aromatic heterocycles. The molecule has 0 N–H and O–H groups in total. The predicted octanol–water partition coefficient (Wildman–Crippen LogP) is 2.99. The van der Waals surface area contributed by atoms with E-state index in [1.165, 1.54) is 17.4 Å².